The van der Waals surface area contributed by atoms with E-state index in [0.29, 0.717) is 0 Å². The average molecular weight is 290 g/mol. The first-order chi connectivity index (χ1) is 9.80. The SMILES string of the molecule is CCCC(CC)NCCCNCC1CCC(CN)CC1.[HH].[HH].[HH]. The van der Waals surface area contributed by atoms with Crippen molar-refractivity contribution in [2.75, 3.05) is 26.2 Å². The van der Waals surface area contributed by atoms with Crippen molar-refractivity contribution in [1.29, 1.82) is 0 Å². The topological polar surface area (TPSA) is 50.1 Å². The zero-order valence-electron chi connectivity index (χ0n) is 13.8. The van der Waals surface area contributed by atoms with Gasteiger partial charge >= 0.3 is 0 Å². The lowest BCUT2D eigenvalue weighted by atomic mass is 9.82. The fourth-order valence-electron chi connectivity index (χ4n) is 3.30. The maximum absolute atomic E-state index is 5.74. The first-order valence-corrected chi connectivity index (χ1v) is 8.94. The fraction of sp³-hybridized carbons (Fsp3) is 1.00. The van der Waals surface area contributed by atoms with Crippen LogP contribution in [0.25, 0.3) is 0 Å². The van der Waals surface area contributed by atoms with E-state index in [-0.39, 0.29) is 4.28 Å². The largest absolute Gasteiger partial charge is 0.330 e. The lowest BCUT2D eigenvalue weighted by molar-refractivity contribution is 0.272. The average Bonchev–Trinajstić information content (AvgIpc) is 2.50. The van der Waals surface area contributed by atoms with Crippen LogP contribution < -0.4 is 16.4 Å². The maximum atomic E-state index is 5.74. The molecular formula is C17H43N3. The van der Waals surface area contributed by atoms with Crippen molar-refractivity contribution < 1.29 is 4.28 Å². The number of nitrogens with one attached hydrogen (secondary N) is 2. The van der Waals surface area contributed by atoms with Gasteiger partial charge in [0.05, 0.1) is 0 Å². The second-order valence-corrected chi connectivity index (χ2v) is 6.53. The Morgan fingerprint density at radius 1 is 1.10 bits per heavy atom. The van der Waals surface area contributed by atoms with E-state index in [1.807, 2.05) is 0 Å². The number of hydrogen-bond acceptors (Lipinski definition) is 3. The molecule has 3 nitrogen and oxygen atoms in total. The van der Waals surface area contributed by atoms with Gasteiger partial charge in [0.2, 0.25) is 0 Å². The highest BCUT2D eigenvalue weighted by Gasteiger charge is 2.19. The van der Waals surface area contributed by atoms with Crippen molar-refractivity contribution in [1.82, 2.24) is 10.6 Å². The third-order valence-electron chi connectivity index (χ3n) is 4.83. The molecule has 1 aliphatic rings. The van der Waals surface area contributed by atoms with Gasteiger partial charge in [0, 0.05) is 10.3 Å². The van der Waals surface area contributed by atoms with Crippen molar-refractivity contribution in [2.45, 2.75) is 71.3 Å². The van der Waals surface area contributed by atoms with Gasteiger partial charge in [-0.1, -0.05) is 20.3 Å². The molecule has 0 heterocycles. The van der Waals surface area contributed by atoms with Crippen LogP contribution in [-0.4, -0.2) is 32.2 Å². The molecule has 4 N–H and O–H groups in total. The van der Waals surface area contributed by atoms with Crippen LogP contribution in [0.2, 0.25) is 0 Å². The van der Waals surface area contributed by atoms with Gasteiger partial charge in [0.1, 0.15) is 0 Å². The number of nitrogens with two attached hydrogens (primary N) is 1. The lowest BCUT2D eigenvalue weighted by Gasteiger charge is -2.27. The smallest absolute Gasteiger partial charge is 0.00643 e. The van der Waals surface area contributed by atoms with E-state index in [2.05, 4.69) is 24.5 Å². The summed E-state index contributed by atoms with van der Waals surface area (Å²) in [6.45, 7) is 8.97. The van der Waals surface area contributed by atoms with Crippen LogP contribution in [0.15, 0.2) is 0 Å². The van der Waals surface area contributed by atoms with E-state index in [1.165, 1.54) is 57.9 Å². The Balaban J connectivity index is -0.00000133. The minimum Gasteiger partial charge on any atom is -0.330 e. The van der Waals surface area contributed by atoms with E-state index < -0.39 is 0 Å². The normalized spacial score (nSPS) is 24.8. The van der Waals surface area contributed by atoms with Crippen LogP contribution in [0.5, 0.6) is 0 Å². The van der Waals surface area contributed by atoms with E-state index in [1.54, 1.807) is 0 Å². The van der Waals surface area contributed by atoms with E-state index in [4.69, 9.17) is 5.73 Å². The molecule has 1 rings (SSSR count). The highest BCUT2D eigenvalue weighted by atomic mass is 14.9. The van der Waals surface area contributed by atoms with Gasteiger partial charge in [-0.3, -0.25) is 0 Å². The van der Waals surface area contributed by atoms with Gasteiger partial charge in [0.15, 0.2) is 0 Å². The molecule has 0 aromatic heterocycles. The summed E-state index contributed by atoms with van der Waals surface area (Å²) >= 11 is 0. The molecule has 0 aromatic carbocycles. The molecule has 0 aliphatic heterocycles. The van der Waals surface area contributed by atoms with Crippen LogP contribution >= 0.6 is 0 Å². The van der Waals surface area contributed by atoms with Gasteiger partial charge < -0.3 is 16.4 Å². The second kappa shape index (κ2) is 11.5. The summed E-state index contributed by atoms with van der Waals surface area (Å²) in [5.41, 5.74) is 5.74. The van der Waals surface area contributed by atoms with Crippen LogP contribution in [-0.2, 0) is 0 Å². The molecule has 1 unspecified atom stereocenters. The molecular weight excluding hydrogens is 246 g/mol. The lowest BCUT2D eigenvalue weighted by Crippen LogP contribution is -2.32. The molecule has 0 aromatic rings. The molecule has 0 spiro atoms. The van der Waals surface area contributed by atoms with Gasteiger partial charge in [-0.2, -0.15) is 0 Å². The zero-order valence-corrected chi connectivity index (χ0v) is 13.8. The Morgan fingerprint density at radius 3 is 2.40 bits per heavy atom. The predicted molar refractivity (Wildman–Crippen MR) is 95.3 cm³/mol. The van der Waals surface area contributed by atoms with Crippen molar-refractivity contribution in [3.05, 3.63) is 0 Å². The summed E-state index contributed by atoms with van der Waals surface area (Å²) in [6, 6.07) is 0.728. The molecule has 0 saturated heterocycles. The Kier molecular flexibility index (Phi) is 10.3. The monoisotopic (exact) mass is 289 g/mol. The van der Waals surface area contributed by atoms with Crippen molar-refractivity contribution in [3.8, 4) is 0 Å². The van der Waals surface area contributed by atoms with Crippen LogP contribution in [0.1, 0.15) is 69.5 Å². The molecule has 0 amide bonds. The van der Waals surface area contributed by atoms with Crippen molar-refractivity contribution >= 4 is 0 Å². The van der Waals surface area contributed by atoms with E-state index >= 15 is 0 Å². The molecule has 1 saturated carbocycles. The Morgan fingerprint density at radius 2 is 1.80 bits per heavy atom. The molecule has 1 fully saturated rings. The molecule has 0 bridgehead atoms. The Hall–Kier alpha value is -0.120. The highest BCUT2D eigenvalue weighted by molar-refractivity contribution is 4.74. The Bertz CT molecular complexity index is 225. The third kappa shape index (κ3) is 7.61. The van der Waals surface area contributed by atoms with Gasteiger partial charge in [0.25, 0.3) is 0 Å². The predicted octanol–water partition coefficient (Wildman–Crippen LogP) is 3.64. The van der Waals surface area contributed by atoms with Crippen LogP contribution in [0, 0.1) is 11.8 Å². The van der Waals surface area contributed by atoms with Gasteiger partial charge in [-0.25, -0.2) is 0 Å². The second-order valence-electron chi connectivity index (χ2n) is 6.53. The quantitative estimate of drug-likeness (QED) is 0.509. The minimum absolute atomic E-state index is 0. The molecule has 3 heteroatoms. The summed E-state index contributed by atoms with van der Waals surface area (Å²) < 4.78 is 0. The highest BCUT2D eigenvalue weighted by Crippen LogP contribution is 2.27. The first-order valence-electron chi connectivity index (χ1n) is 8.94. The van der Waals surface area contributed by atoms with Gasteiger partial charge in [-0.15, -0.1) is 0 Å². The number of hydrogen-bond donors (Lipinski definition) is 3. The minimum atomic E-state index is 0. The van der Waals surface area contributed by atoms with E-state index in [0.717, 1.165) is 37.5 Å². The zero-order chi connectivity index (χ0) is 14.6. The summed E-state index contributed by atoms with van der Waals surface area (Å²) in [6.07, 6.45) is 10.6. The molecule has 1 aliphatic carbocycles. The standard InChI is InChI=1S/C17H37N3.3H2/c1-3-6-17(4-2)20-12-5-11-19-14-16-9-7-15(13-18)8-10-16;;;/h15-17,19-20H,3-14,18H2,1-2H3;3*1H. The summed E-state index contributed by atoms with van der Waals surface area (Å²) in [4.78, 5) is 0. The van der Waals surface area contributed by atoms with Crippen molar-refractivity contribution in [2.24, 2.45) is 17.6 Å². The van der Waals surface area contributed by atoms with Crippen LogP contribution in [0.4, 0.5) is 0 Å². The molecule has 1 atom stereocenters. The van der Waals surface area contributed by atoms with E-state index in [9.17, 15) is 0 Å². The Labute approximate surface area is 130 Å². The van der Waals surface area contributed by atoms with Crippen LogP contribution in [0.3, 0.4) is 0 Å². The maximum Gasteiger partial charge on any atom is 0.00643 e. The van der Waals surface area contributed by atoms with Crippen molar-refractivity contribution in [3.63, 3.8) is 0 Å². The molecule has 126 valence electrons. The molecule has 20 heavy (non-hydrogen) atoms. The first kappa shape index (κ1) is 17.9. The summed E-state index contributed by atoms with van der Waals surface area (Å²) in [7, 11) is 0. The molecule has 0 radical (unpaired) electrons. The number of rotatable bonds is 11. The van der Waals surface area contributed by atoms with Gasteiger partial charge in [-0.05, 0) is 83.0 Å². The summed E-state index contributed by atoms with van der Waals surface area (Å²) in [5, 5.41) is 7.31. The fourth-order valence-corrected chi connectivity index (χ4v) is 3.30. The third-order valence-corrected chi connectivity index (χ3v) is 4.83. The summed E-state index contributed by atoms with van der Waals surface area (Å²) in [5.74, 6) is 1.70.